The van der Waals surface area contributed by atoms with Gasteiger partial charge in [-0.15, -0.1) is 0 Å². The number of hydrogen-bond donors (Lipinski definition) is 3. The zero-order valence-corrected chi connectivity index (χ0v) is 9.15. The third-order valence-electron chi connectivity index (χ3n) is 1.96. The van der Waals surface area contributed by atoms with E-state index in [9.17, 15) is 15.2 Å². The van der Waals surface area contributed by atoms with Crippen molar-refractivity contribution >= 4 is 23.0 Å². The van der Waals surface area contributed by atoms with Crippen molar-refractivity contribution in [1.29, 1.82) is 0 Å². The average molecular weight is 246 g/mol. The number of rotatable bonds is 5. The summed E-state index contributed by atoms with van der Waals surface area (Å²) in [5.74, 6) is 0. The second-order valence-corrected chi connectivity index (χ2v) is 3.63. The predicted octanol–water partition coefficient (Wildman–Crippen LogP) is 0.980. The van der Waals surface area contributed by atoms with Crippen LogP contribution in [0.5, 0.6) is 0 Å². The predicted molar refractivity (Wildman–Crippen MR) is 61.7 cm³/mol. The smallest absolute Gasteiger partial charge is 0.293 e. The van der Waals surface area contributed by atoms with Gasteiger partial charge in [-0.2, -0.15) is 0 Å². The molecule has 6 nitrogen and oxygen atoms in total. The molecule has 1 unspecified atom stereocenters. The minimum Gasteiger partial charge on any atom is -0.390 e. The molecule has 0 heterocycles. The number of nitro benzene ring substituents is 1. The summed E-state index contributed by atoms with van der Waals surface area (Å²) in [6, 6.07) is 4.27. The highest BCUT2D eigenvalue weighted by Crippen LogP contribution is 2.27. The van der Waals surface area contributed by atoms with Gasteiger partial charge >= 0.3 is 0 Å². The van der Waals surface area contributed by atoms with E-state index in [2.05, 4.69) is 5.32 Å². The summed E-state index contributed by atoms with van der Waals surface area (Å²) in [6.45, 7) is 0.243. The van der Waals surface area contributed by atoms with E-state index in [-0.39, 0.29) is 23.8 Å². The molecule has 0 amide bonds. The first-order valence-corrected chi connectivity index (χ1v) is 4.98. The second-order valence-electron chi connectivity index (χ2n) is 3.19. The topological polar surface area (TPSA) is 101 Å². The molecule has 0 spiro atoms. The van der Waals surface area contributed by atoms with E-state index in [0.29, 0.717) is 5.69 Å². The Morgan fingerprint density at radius 2 is 2.31 bits per heavy atom. The summed E-state index contributed by atoms with van der Waals surface area (Å²) >= 11 is 5.65. The molecular weight excluding hydrogens is 234 g/mol. The molecule has 1 rings (SSSR count). The maximum absolute atomic E-state index is 10.7. The lowest BCUT2D eigenvalue weighted by Gasteiger charge is -2.10. The molecule has 16 heavy (non-hydrogen) atoms. The number of anilines is 1. The fraction of sp³-hybridized carbons (Fsp3) is 0.333. The number of benzene rings is 1. The van der Waals surface area contributed by atoms with E-state index in [1.165, 1.54) is 18.2 Å². The maximum atomic E-state index is 10.7. The normalized spacial score (nSPS) is 12.2. The summed E-state index contributed by atoms with van der Waals surface area (Å²) in [6.07, 6.45) is -0.740. The molecule has 0 aromatic heterocycles. The lowest BCUT2D eigenvalue weighted by molar-refractivity contribution is -0.383. The van der Waals surface area contributed by atoms with E-state index >= 15 is 0 Å². The van der Waals surface area contributed by atoms with Gasteiger partial charge in [0.25, 0.3) is 5.69 Å². The zero-order valence-electron chi connectivity index (χ0n) is 8.39. The summed E-state index contributed by atoms with van der Waals surface area (Å²) in [5, 5.41) is 23.0. The average Bonchev–Trinajstić information content (AvgIpc) is 2.26. The fourth-order valence-corrected chi connectivity index (χ4v) is 1.28. The van der Waals surface area contributed by atoms with Crippen LogP contribution in [0, 0.1) is 10.1 Å². The first-order chi connectivity index (χ1) is 7.54. The number of nitrogens with one attached hydrogen (secondary N) is 1. The molecule has 0 radical (unpaired) electrons. The summed E-state index contributed by atoms with van der Waals surface area (Å²) in [4.78, 5) is 10.2. The van der Waals surface area contributed by atoms with E-state index in [4.69, 9.17) is 17.3 Å². The van der Waals surface area contributed by atoms with Gasteiger partial charge in [-0.25, -0.2) is 0 Å². The van der Waals surface area contributed by atoms with Gasteiger partial charge in [0.1, 0.15) is 5.69 Å². The number of aliphatic hydroxyl groups excluding tert-OH is 1. The van der Waals surface area contributed by atoms with Crippen LogP contribution in [0.25, 0.3) is 0 Å². The number of nitrogens with zero attached hydrogens (tertiary/aromatic N) is 1. The summed E-state index contributed by atoms with van der Waals surface area (Å²) in [7, 11) is 0. The van der Waals surface area contributed by atoms with E-state index < -0.39 is 11.0 Å². The van der Waals surface area contributed by atoms with Crippen molar-refractivity contribution in [3.05, 3.63) is 33.3 Å². The minimum absolute atomic E-state index is 0.0917. The van der Waals surface area contributed by atoms with Gasteiger partial charge in [-0.3, -0.25) is 10.1 Å². The lowest BCUT2D eigenvalue weighted by Crippen LogP contribution is -2.27. The third kappa shape index (κ3) is 3.34. The van der Waals surface area contributed by atoms with Crippen LogP contribution in [-0.4, -0.2) is 29.2 Å². The Balaban J connectivity index is 2.82. The highest BCUT2D eigenvalue weighted by Gasteiger charge is 2.14. The monoisotopic (exact) mass is 245 g/mol. The second kappa shape index (κ2) is 5.64. The van der Waals surface area contributed by atoms with Crippen LogP contribution in [0.15, 0.2) is 18.2 Å². The van der Waals surface area contributed by atoms with Crippen molar-refractivity contribution < 1.29 is 10.0 Å². The third-order valence-corrected chi connectivity index (χ3v) is 2.19. The number of nitrogens with two attached hydrogens (primary N) is 1. The number of nitro groups is 1. The SMILES string of the molecule is NCC(O)CNc1ccc(Cl)cc1[N+](=O)[O-]. The molecule has 0 aliphatic rings. The number of aliphatic hydroxyl groups is 1. The van der Waals surface area contributed by atoms with Crippen LogP contribution in [0.1, 0.15) is 0 Å². The van der Waals surface area contributed by atoms with Gasteiger partial charge in [0, 0.05) is 24.2 Å². The van der Waals surface area contributed by atoms with Crippen molar-refractivity contribution in [2.75, 3.05) is 18.4 Å². The van der Waals surface area contributed by atoms with Crippen LogP contribution in [-0.2, 0) is 0 Å². The zero-order chi connectivity index (χ0) is 12.1. The first kappa shape index (κ1) is 12.7. The van der Waals surface area contributed by atoms with E-state index in [1.54, 1.807) is 0 Å². The van der Waals surface area contributed by atoms with Crippen LogP contribution < -0.4 is 11.1 Å². The molecule has 0 aliphatic carbocycles. The summed E-state index contributed by atoms with van der Waals surface area (Å²) < 4.78 is 0. The molecule has 88 valence electrons. The van der Waals surface area contributed by atoms with Crippen LogP contribution in [0.4, 0.5) is 11.4 Å². The van der Waals surface area contributed by atoms with Crippen LogP contribution >= 0.6 is 11.6 Å². The Hall–Kier alpha value is -1.37. The summed E-state index contributed by atoms with van der Waals surface area (Å²) in [5.41, 5.74) is 5.39. The van der Waals surface area contributed by atoms with Gasteiger partial charge < -0.3 is 16.2 Å². The van der Waals surface area contributed by atoms with Gasteiger partial charge in [0.2, 0.25) is 0 Å². The molecule has 0 fully saturated rings. The number of hydrogen-bond acceptors (Lipinski definition) is 5. The molecular formula is C9H12ClN3O3. The van der Waals surface area contributed by atoms with Crippen LogP contribution in [0.3, 0.4) is 0 Å². The van der Waals surface area contributed by atoms with E-state index in [1.807, 2.05) is 0 Å². The standard InChI is InChI=1S/C9H12ClN3O3/c10-6-1-2-8(9(3-6)13(15)16)12-5-7(14)4-11/h1-3,7,12,14H,4-5,11H2. The minimum atomic E-state index is -0.740. The highest BCUT2D eigenvalue weighted by molar-refractivity contribution is 6.30. The molecule has 1 aromatic rings. The Kier molecular flexibility index (Phi) is 4.48. The first-order valence-electron chi connectivity index (χ1n) is 4.60. The highest BCUT2D eigenvalue weighted by atomic mass is 35.5. The van der Waals surface area contributed by atoms with Crippen molar-refractivity contribution in [1.82, 2.24) is 0 Å². The molecule has 1 aromatic carbocycles. The Labute approximate surface area is 97.2 Å². The van der Waals surface area contributed by atoms with Crippen LogP contribution in [0.2, 0.25) is 5.02 Å². The molecule has 7 heteroatoms. The molecule has 0 saturated heterocycles. The molecule has 0 aliphatic heterocycles. The Bertz CT molecular complexity index is 386. The van der Waals surface area contributed by atoms with Gasteiger partial charge in [-0.1, -0.05) is 11.6 Å². The van der Waals surface area contributed by atoms with E-state index in [0.717, 1.165) is 0 Å². The molecule has 0 bridgehead atoms. The molecule has 0 saturated carbocycles. The maximum Gasteiger partial charge on any atom is 0.293 e. The lowest BCUT2D eigenvalue weighted by atomic mass is 10.2. The fourth-order valence-electron chi connectivity index (χ4n) is 1.12. The van der Waals surface area contributed by atoms with Gasteiger partial charge in [0.05, 0.1) is 11.0 Å². The largest absolute Gasteiger partial charge is 0.390 e. The van der Waals surface area contributed by atoms with Gasteiger partial charge in [-0.05, 0) is 12.1 Å². The van der Waals surface area contributed by atoms with Crippen molar-refractivity contribution in [2.45, 2.75) is 6.10 Å². The molecule has 1 atom stereocenters. The van der Waals surface area contributed by atoms with Crippen molar-refractivity contribution in [2.24, 2.45) is 5.73 Å². The van der Waals surface area contributed by atoms with Gasteiger partial charge in [0.15, 0.2) is 0 Å². The number of halogens is 1. The molecule has 4 N–H and O–H groups in total. The Morgan fingerprint density at radius 1 is 1.62 bits per heavy atom. The van der Waals surface area contributed by atoms with Crippen molar-refractivity contribution in [3.63, 3.8) is 0 Å². The quantitative estimate of drug-likeness (QED) is 0.530. The van der Waals surface area contributed by atoms with Crippen molar-refractivity contribution in [3.8, 4) is 0 Å². The Morgan fingerprint density at radius 3 is 2.88 bits per heavy atom.